The monoisotopic (exact) mass is 677 g/mol. The van der Waals surface area contributed by atoms with E-state index in [-0.39, 0.29) is 36.0 Å². The van der Waals surface area contributed by atoms with E-state index in [0.717, 1.165) is 19.3 Å². The van der Waals surface area contributed by atoms with Crippen LogP contribution >= 0.6 is 0 Å². The molecule has 5 unspecified atom stereocenters. The number of hydrogen-bond donors (Lipinski definition) is 4. The number of hydrogen-bond acceptors (Lipinski definition) is 7. The maximum atomic E-state index is 14.4. The van der Waals surface area contributed by atoms with Gasteiger partial charge in [-0.2, -0.15) is 0 Å². The van der Waals surface area contributed by atoms with Crippen molar-refractivity contribution >= 4 is 39.4 Å². The number of likely N-dealkylation sites (tertiary alicyclic amines) is 1. The van der Waals surface area contributed by atoms with Crippen LogP contribution in [0.4, 0.5) is 4.79 Å². The molecule has 0 bridgehead atoms. The number of fused-ring (bicyclic) bond motifs is 1. The molecule has 2 saturated carbocycles. The van der Waals surface area contributed by atoms with Crippen molar-refractivity contribution in [2.45, 2.75) is 128 Å². The van der Waals surface area contributed by atoms with Crippen molar-refractivity contribution in [1.82, 2.24) is 26.2 Å². The molecular weight excluding hydrogens is 622 g/mol. The zero-order chi connectivity index (χ0) is 34.9. The lowest BCUT2D eigenvalue weighted by molar-refractivity contribution is -0.145. The molecule has 6 atom stereocenters. The lowest BCUT2D eigenvalue weighted by Gasteiger charge is -2.43. The Morgan fingerprint density at radius 3 is 2.23 bits per heavy atom. The zero-order valence-corrected chi connectivity index (χ0v) is 29.8. The van der Waals surface area contributed by atoms with Crippen LogP contribution in [-0.2, 0) is 29.0 Å². The van der Waals surface area contributed by atoms with Crippen LogP contribution in [0.25, 0.3) is 0 Å². The third kappa shape index (κ3) is 7.54. The molecule has 0 aromatic rings. The molecule has 2 aliphatic carbocycles. The molecule has 4 aliphatic rings. The van der Waals surface area contributed by atoms with E-state index in [0.29, 0.717) is 38.6 Å². The van der Waals surface area contributed by atoms with Crippen LogP contribution in [0.15, 0.2) is 12.7 Å². The number of piperidine rings is 1. The van der Waals surface area contributed by atoms with Gasteiger partial charge in [0.15, 0.2) is 9.84 Å². The van der Waals surface area contributed by atoms with Gasteiger partial charge >= 0.3 is 6.03 Å². The van der Waals surface area contributed by atoms with E-state index in [2.05, 4.69) is 41.7 Å². The minimum absolute atomic E-state index is 0.0611. The predicted molar refractivity (Wildman–Crippen MR) is 179 cm³/mol. The minimum Gasteiger partial charge on any atom is -0.346 e. The van der Waals surface area contributed by atoms with Crippen molar-refractivity contribution in [3.05, 3.63) is 12.7 Å². The summed E-state index contributed by atoms with van der Waals surface area (Å²) < 4.78 is 26.0. The highest BCUT2D eigenvalue weighted by atomic mass is 32.2. The Morgan fingerprint density at radius 2 is 1.68 bits per heavy atom. The molecular formula is C34H55N5O7S. The number of rotatable bonds is 12. The van der Waals surface area contributed by atoms with E-state index in [1.165, 1.54) is 11.0 Å². The maximum absolute atomic E-state index is 14.4. The first kappa shape index (κ1) is 36.9. The normalized spacial score (nSPS) is 28.3. The van der Waals surface area contributed by atoms with Crippen molar-refractivity contribution in [2.75, 3.05) is 18.8 Å². The second-order valence-corrected chi connectivity index (χ2v) is 18.0. The number of nitrogens with one attached hydrogen (secondary N) is 4. The lowest BCUT2D eigenvalue weighted by atomic mass is 9.78. The van der Waals surface area contributed by atoms with Crippen molar-refractivity contribution in [2.24, 2.45) is 22.7 Å². The third-order valence-corrected chi connectivity index (χ3v) is 13.5. The largest absolute Gasteiger partial charge is 0.346 e. The maximum Gasteiger partial charge on any atom is 0.315 e. The molecule has 4 rings (SSSR count). The van der Waals surface area contributed by atoms with Crippen molar-refractivity contribution < 1.29 is 32.4 Å². The SMILES string of the molecule is C=CCNC(=O)C(=O)C(CCC)NC(=O)C1C2C(CN1C(=O)[C@@H](NC(=O)NC1(C3CCCS3(=O)=O)CCCCC1)C(C)(C)C)C2(C)C. The fourth-order valence-corrected chi connectivity index (χ4v) is 10.7. The number of Topliss-reactive ketones (excluding diaryl/α,β-unsaturated/α-hetero) is 1. The van der Waals surface area contributed by atoms with Crippen molar-refractivity contribution in [3.8, 4) is 0 Å². The third-order valence-electron chi connectivity index (χ3n) is 11.0. The molecule has 47 heavy (non-hydrogen) atoms. The molecule has 0 aromatic carbocycles. The number of sulfone groups is 1. The summed E-state index contributed by atoms with van der Waals surface area (Å²) in [5.41, 5.74) is -1.84. The van der Waals surface area contributed by atoms with Crippen LogP contribution in [0.3, 0.4) is 0 Å². The smallest absolute Gasteiger partial charge is 0.315 e. The van der Waals surface area contributed by atoms with Crippen LogP contribution in [-0.4, -0.2) is 90.6 Å². The first-order valence-corrected chi connectivity index (χ1v) is 19.0. The van der Waals surface area contributed by atoms with Gasteiger partial charge in [0.2, 0.25) is 17.6 Å². The molecule has 4 N–H and O–H groups in total. The summed E-state index contributed by atoms with van der Waals surface area (Å²) in [5.74, 6) is -2.44. The number of urea groups is 1. The standard InChI is InChI=1S/C34H55N5O7S/c1-8-14-22(26(40)29(42)35-18-9-2)36-28(41)25-24-21(33(24,6)7)20-39(25)30(43)27(32(3,4)5)37-31(44)38-34(16-11-10-12-17-34)23-15-13-19-47(23,45)46/h9,21-25,27H,2,8,10-20H2,1,3-7H3,(H,35,42)(H,36,41)(H2,37,38,44)/t21?,22?,23?,24?,25?,27-/m1/s1. The highest BCUT2D eigenvalue weighted by Crippen LogP contribution is 2.65. The highest BCUT2D eigenvalue weighted by Gasteiger charge is 2.70. The fourth-order valence-electron chi connectivity index (χ4n) is 8.37. The van der Waals surface area contributed by atoms with Crippen LogP contribution in [0.2, 0.25) is 0 Å². The number of carbonyl (C=O) groups is 5. The van der Waals surface area contributed by atoms with Crippen LogP contribution in [0.5, 0.6) is 0 Å². The molecule has 12 nitrogen and oxygen atoms in total. The number of carbonyl (C=O) groups excluding carboxylic acids is 5. The quantitative estimate of drug-likeness (QED) is 0.182. The molecule has 2 heterocycles. The predicted octanol–water partition coefficient (Wildman–Crippen LogP) is 2.62. The van der Waals surface area contributed by atoms with Gasteiger partial charge in [-0.1, -0.05) is 73.3 Å². The van der Waals surface area contributed by atoms with Crippen molar-refractivity contribution in [3.63, 3.8) is 0 Å². The molecule has 2 aliphatic heterocycles. The molecule has 0 spiro atoms. The molecule has 0 aromatic heterocycles. The van der Waals surface area contributed by atoms with E-state index in [9.17, 15) is 32.4 Å². The van der Waals surface area contributed by atoms with Crippen LogP contribution < -0.4 is 21.3 Å². The Morgan fingerprint density at radius 1 is 1.02 bits per heavy atom. The average Bonchev–Trinajstić information content (AvgIpc) is 3.30. The lowest BCUT2D eigenvalue weighted by Crippen LogP contribution is -2.65. The number of amides is 5. The summed E-state index contributed by atoms with van der Waals surface area (Å²) in [5, 5.41) is 10.6. The summed E-state index contributed by atoms with van der Waals surface area (Å²) in [4.78, 5) is 69.0. The second-order valence-electron chi connectivity index (χ2n) is 15.7. The Bertz CT molecular complexity index is 1360. The van der Waals surface area contributed by atoms with Gasteiger partial charge in [0.05, 0.1) is 22.6 Å². The summed E-state index contributed by atoms with van der Waals surface area (Å²) in [6, 6.07) is -3.53. The van der Waals surface area contributed by atoms with Crippen LogP contribution in [0, 0.1) is 22.7 Å². The van der Waals surface area contributed by atoms with E-state index < -0.39 is 73.7 Å². The molecule has 0 radical (unpaired) electrons. The Kier molecular flexibility index (Phi) is 10.9. The Balaban J connectivity index is 1.55. The second kappa shape index (κ2) is 13.9. The average molecular weight is 678 g/mol. The first-order chi connectivity index (χ1) is 21.9. The Labute approximate surface area is 279 Å². The van der Waals surface area contributed by atoms with Gasteiger partial charge in [-0.25, -0.2) is 13.2 Å². The number of ketones is 1. The first-order valence-electron chi connectivity index (χ1n) is 17.3. The van der Waals surface area contributed by atoms with E-state index in [1.807, 2.05) is 27.7 Å². The van der Waals surface area contributed by atoms with Gasteiger partial charge < -0.3 is 26.2 Å². The highest BCUT2D eigenvalue weighted by molar-refractivity contribution is 7.92. The minimum atomic E-state index is -3.35. The molecule has 2 saturated heterocycles. The molecule has 4 fully saturated rings. The van der Waals surface area contributed by atoms with E-state index in [1.54, 1.807) is 0 Å². The summed E-state index contributed by atoms with van der Waals surface area (Å²) in [7, 11) is -3.35. The van der Waals surface area contributed by atoms with Gasteiger partial charge in [-0.05, 0) is 54.8 Å². The molecule has 13 heteroatoms. The summed E-state index contributed by atoms with van der Waals surface area (Å²) in [6.07, 6.45) is 7.07. The van der Waals surface area contributed by atoms with Gasteiger partial charge in [0.25, 0.3) is 5.91 Å². The van der Waals surface area contributed by atoms with Crippen molar-refractivity contribution in [1.29, 1.82) is 0 Å². The topological polar surface area (TPSA) is 171 Å². The summed E-state index contributed by atoms with van der Waals surface area (Å²) in [6.45, 7) is 15.4. The molecule has 5 amide bonds. The van der Waals surface area contributed by atoms with Gasteiger partial charge in [-0.15, -0.1) is 6.58 Å². The van der Waals surface area contributed by atoms with Crippen LogP contribution in [0.1, 0.15) is 99.3 Å². The number of nitrogens with zero attached hydrogens (tertiary/aromatic N) is 1. The Hall–Kier alpha value is -2.96. The fraction of sp³-hybridized carbons (Fsp3) is 0.794. The van der Waals surface area contributed by atoms with Gasteiger partial charge in [0, 0.05) is 13.1 Å². The van der Waals surface area contributed by atoms with Gasteiger partial charge in [-0.3, -0.25) is 19.2 Å². The zero-order valence-electron chi connectivity index (χ0n) is 28.9. The van der Waals surface area contributed by atoms with Gasteiger partial charge in [0.1, 0.15) is 12.1 Å². The summed E-state index contributed by atoms with van der Waals surface area (Å²) >= 11 is 0. The molecule has 264 valence electrons. The van der Waals surface area contributed by atoms with E-state index in [4.69, 9.17) is 0 Å². The van der Waals surface area contributed by atoms with E-state index >= 15 is 0 Å².